The number of hydrogen-bond donors (Lipinski definition) is 1. The molecule has 1 atom stereocenters. The van der Waals surface area contributed by atoms with Crippen molar-refractivity contribution in [3.05, 3.63) is 38.3 Å². The number of halogens is 1. The molecule has 0 amide bonds. The van der Waals surface area contributed by atoms with Gasteiger partial charge in [0.2, 0.25) is 0 Å². The van der Waals surface area contributed by atoms with Crippen LogP contribution in [0.5, 0.6) is 0 Å². The van der Waals surface area contributed by atoms with Crippen molar-refractivity contribution in [2.24, 2.45) is 0 Å². The third-order valence-electron chi connectivity index (χ3n) is 3.99. The number of rotatable bonds is 6. The lowest BCUT2D eigenvalue weighted by Gasteiger charge is -2.30. The lowest BCUT2D eigenvalue weighted by molar-refractivity contribution is -0.385. The summed E-state index contributed by atoms with van der Waals surface area (Å²) < 4.78 is 0.602. The van der Waals surface area contributed by atoms with Crippen molar-refractivity contribution < 1.29 is 4.92 Å². The van der Waals surface area contributed by atoms with Gasteiger partial charge in [0.15, 0.2) is 0 Å². The molecule has 1 heterocycles. The normalized spacial score (nSPS) is 18.9. The van der Waals surface area contributed by atoms with Gasteiger partial charge in [-0.1, -0.05) is 25.5 Å². The zero-order valence-electron chi connectivity index (χ0n) is 12.3. The number of nitrogens with zero attached hydrogens (tertiary/aromatic N) is 2. The van der Waals surface area contributed by atoms with Crippen LogP contribution in [-0.2, 0) is 6.54 Å². The van der Waals surface area contributed by atoms with E-state index in [0.29, 0.717) is 10.5 Å². The van der Waals surface area contributed by atoms with E-state index in [0.717, 1.165) is 31.7 Å². The summed E-state index contributed by atoms with van der Waals surface area (Å²) in [6.45, 7) is 5.90. The predicted octanol–water partition coefficient (Wildman–Crippen LogP) is 3.32. The summed E-state index contributed by atoms with van der Waals surface area (Å²) in [5.41, 5.74) is 1.11. The van der Waals surface area contributed by atoms with Gasteiger partial charge in [-0.2, -0.15) is 0 Å². The molecule has 0 radical (unpaired) electrons. The highest BCUT2D eigenvalue weighted by Gasteiger charge is 2.19. The molecule has 0 saturated carbocycles. The van der Waals surface area contributed by atoms with Gasteiger partial charge >= 0.3 is 0 Å². The number of nitrogens with one attached hydrogen (secondary N) is 1. The van der Waals surface area contributed by atoms with Crippen LogP contribution in [0.2, 0.25) is 0 Å². The molecule has 21 heavy (non-hydrogen) atoms. The summed E-state index contributed by atoms with van der Waals surface area (Å²) in [4.78, 5) is 13.0. The zero-order chi connectivity index (χ0) is 15.2. The molecule has 1 aliphatic heterocycles. The van der Waals surface area contributed by atoms with Crippen LogP contribution in [0.25, 0.3) is 0 Å². The Morgan fingerprint density at radius 2 is 2.29 bits per heavy atom. The Morgan fingerprint density at radius 3 is 2.90 bits per heavy atom. The number of nitro benzene ring substituents is 1. The molecule has 5 nitrogen and oxygen atoms in total. The first-order chi connectivity index (χ1) is 10.1. The van der Waals surface area contributed by atoms with Gasteiger partial charge < -0.3 is 5.32 Å². The van der Waals surface area contributed by atoms with E-state index in [1.165, 1.54) is 25.3 Å². The van der Waals surface area contributed by atoms with Crippen molar-refractivity contribution >= 4 is 21.6 Å². The Morgan fingerprint density at radius 1 is 1.48 bits per heavy atom. The van der Waals surface area contributed by atoms with Crippen molar-refractivity contribution in [3.8, 4) is 0 Å². The average Bonchev–Trinajstić information content (AvgIpc) is 2.49. The number of piperidine rings is 1. The summed E-state index contributed by atoms with van der Waals surface area (Å²) in [5.74, 6) is 0. The van der Waals surface area contributed by atoms with Gasteiger partial charge in [0.25, 0.3) is 5.69 Å². The Balaban J connectivity index is 2.04. The monoisotopic (exact) mass is 355 g/mol. The molecule has 116 valence electrons. The lowest BCUT2D eigenvalue weighted by atomic mass is 10.0. The number of hydrogen-bond acceptors (Lipinski definition) is 4. The second-order valence-electron chi connectivity index (χ2n) is 5.48. The topological polar surface area (TPSA) is 58.4 Å². The van der Waals surface area contributed by atoms with Crippen LogP contribution in [0.4, 0.5) is 5.69 Å². The highest BCUT2D eigenvalue weighted by atomic mass is 79.9. The minimum atomic E-state index is -0.341. The third kappa shape index (κ3) is 4.49. The second-order valence-corrected chi connectivity index (χ2v) is 6.27. The Hall–Kier alpha value is -0.980. The summed E-state index contributed by atoms with van der Waals surface area (Å²) in [6.07, 6.45) is 3.77. The SMILES string of the molecule is CCN(Cc1cccc([N+](=O)[O-])c1Br)CC1CCCCN1. The van der Waals surface area contributed by atoms with E-state index >= 15 is 0 Å². The summed E-state index contributed by atoms with van der Waals surface area (Å²) in [5, 5.41) is 14.6. The maximum atomic E-state index is 11.0. The summed E-state index contributed by atoms with van der Waals surface area (Å²) in [7, 11) is 0. The van der Waals surface area contributed by atoms with E-state index in [1.54, 1.807) is 6.07 Å². The summed E-state index contributed by atoms with van der Waals surface area (Å²) in [6, 6.07) is 5.78. The van der Waals surface area contributed by atoms with Gasteiger partial charge in [0.05, 0.1) is 9.40 Å². The Bertz CT molecular complexity index is 490. The van der Waals surface area contributed by atoms with Crippen molar-refractivity contribution in [1.82, 2.24) is 10.2 Å². The molecule has 1 N–H and O–H groups in total. The van der Waals surface area contributed by atoms with Crippen molar-refractivity contribution in [2.45, 2.75) is 38.8 Å². The fraction of sp³-hybridized carbons (Fsp3) is 0.600. The van der Waals surface area contributed by atoms with E-state index in [-0.39, 0.29) is 10.6 Å². The van der Waals surface area contributed by atoms with Crippen LogP contribution in [0.15, 0.2) is 22.7 Å². The van der Waals surface area contributed by atoms with Crippen LogP contribution < -0.4 is 5.32 Å². The lowest BCUT2D eigenvalue weighted by Crippen LogP contribution is -2.43. The Labute approximate surface area is 134 Å². The quantitative estimate of drug-likeness (QED) is 0.628. The molecule has 1 fully saturated rings. The number of benzene rings is 1. The first-order valence-electron chi connectivity index (χ1n) is 7.49. The van der Waals surface area contributed by atoms with E-state index in [4.69, 9.17) is 0 Å². The van der Waals surface area contributed by atoms with Gasteiger partial charge in [-0.25, -0.2) is 0 Å². The van der Waals surface area contributed by atoms with Crippen LogP contribution in [0, 0.1) is 10.1 Å². The van der Waals surface area contributed by atoms with E-state index in [2.05, 4.69) is 33.1 Å². The van der Waals surface area contributed by atoms with Gasteiger partial charge in [0.1, 0.15) is 0 Å². The van der Waals surface area contributed by atoms with Gasteiger partial charge in [-0.05, 0) is 47.4 Å². The van der Waals surface area contributed by atoms with Crippen LogP contribution in [0.1, 0.15) is 31.7 Å². The fourth-order valence-electron chi connectivity index (χ4n) is 2.77. The zero-order valence-corrected chi connectivity index (χ0v) is 13.9. The van der Waals surface area contributed by atoms with Crippen molar-refractivity contribution in [2.75, 3.05) is 19.6 Å². The standard InChI is InChI=1S/C15H22BrN3O2/c1-2-18(11-13-7-3-4-9-17-13)10-12-6-5-8-14(15(12)16)19(20)21/h5-6,8,13,17H,2-4,7,9-11H2,1H3. The first-order valence-corrected chi connectivity index (χ1v) is 8.28. The van der Waals surface area contributed by atoms with Crippen LogP contribution in [0.3, 0.4) is 0 Å². The first kappa shape index (κ1) is 16.4. The predicted molar refractivity (Wildman–Crippen MR) is 87.4 cm³/mol. The third-order valence-corrected chi connectivity index (χ3v) is 4.90. The van der Waals surface area contributed by atoms with Gasteiger partial charge in [0, 0.05) is 25.2 Å². The average molecular weight is 356 g/mol. The Kier molecular flexibility index (Phi) is 6.14. The maximum absolute atomic E-state index is 11.0. The van der Waals surface area contributed by atoms with E-state index < -0.39 is 0 Å². The minimum Gasteiger partial charge on any atom is -0.313 e. The molecular formula is C15H22BrN3O2. The molecule has 2 rings (SSSR count). The van der Waals surface area contributed by atoms with Crippen molar-refractivity contribution in [3.63, 3.8) is 0 Å². The molecule has 1 unspecified atom stereocenters. The smallest absolute Gasteiger partial charge is 0.283 e. The fourth-order valence-corrected chi connectivity index (χ4v) is 3.30. The molecule has 1 aromatic rings. The summed E-state index contributed by atoms with van der Waals surface area (Å²) >= 11 is 3.38. The van der Waals surface area contributed by atoms with Gasteiger partial charge in [-0.3, -0.25) is 15.0 Å². The molecule has 0 spiro atoms. The highest BCUT2D eigenvalue weighted by Crippen LogP contribution is 2.29. The van der Waals surface area contributed by atoms with Crippen LogP contribution in [-0.4, -0.2) is 35.5 Å². The maximum Gasteiger partial charge on any atom is 0.283 e. The minimum absolute atomic E-state index is 0.138. The van der Waals surface area contributed by atoms with Gasteiger partial charge in [-0.15, -0.1) is 0 Å². The van der Waals surface area contributed by atoms with E-state index in [1.807, 2.05) is 6.07 Å². The largest absolute Gasteiger partial charge is 0.313 e. The molecular weight excluding hydrogens is 334 g/mol. The van der Waals surface area contributed by atoms with Crippen molar-refractivity contribution in [1.29, 1.82) is 0 Å². The molecule has 1 saturated heterocycles. The molecule has 6 heteroatoms. The molecule has 1 aliphatic rings. The number of likely N-dealkylation sites (N-methyl/N-ethyl adjacent to an activating group) is 1. The highest BCUT2D eigenvalue weighted by molar-refractivity contribution is 9.10. The molecule has 0 bridgehead atoms. The number of nitro groups is 1. The second kappa shape index (κ2) is 7.87. The molecule has 0 aromatic heterocycles. The van der Waals surface area contributed by atoms with Crippen LogP contribution >= 0.6 is 15.9 Å². The molecule has 0 aliphatic carbocycles. The molecule has 1 aromatic carbocycles. The van der Waals surface area contributed by atoms with E-state index in [9.17, 15) is 10.1 Å².